The molecule has 0 bridgehead atoms. The van der Waals surface area contributed by atoms with Crippen molar-refractivity contribution in [1.29, 1.82) is 0 Å². The van der Waals surface area contributed by atoms with Crippen molar-refractivity contribution in [2.75, 3.05) is 12.4 Å². The Morgan fingerprint density at radius 3 is 2.56 bits per heavy atom. The number of anilines is 1. The molecule has 10 nitrogen and oxygen atoms in total. The van der Waals surface area contributed by atoms with Gasteiger partial charge in [0.05, 0.1) is 30.6 Å². The number of amides is 1. The molecule has 0 aliphatic carbocycles. The van der Waals surface area contributed by atoms with Gasteiger partial charge < -0.3 is 9.47 Å². The van der Waals surface area contributed by atoms with Gasteiger partial charge >= 0.3 is 16.5 Å². The van der Waals surface area contributed by atoms with Crippen LogP contribution in [0.15, 0.2) is 36.5 Å². The molecule has 2 heterocycles. The number of nitrogens with one attached hydrogen (secondary N) is 1. The lowest BCUT2D eigenvalue weighted by molar-refractivity contribution is 0.187. The Kier molecular flexibility index (Phi) is 8.20. The first-order valence-corrected chi connectivity index (χ1v) is 10.6. The lowest BCUT2D eigenvalue weighted by atomic mass is 10.1. The maximum absolute atomic E-state index is 11.6. The molecule has 170 valence electrons. The highest BCUT2D eigenvalue weighted by molar-refractivity contribution is 7.79. The molecule has 0 radical (unpaired) electrons. The summed E-state index contributed by atoms with van der Waals surface area (Å²) in [6.45, 7) is 4.18. The van der Waals surface area contributed by atoms with Gasteiger partial charge in [0.1, 0.15) is 6.61 Å². The van der Waals surface area contributed by atoms with Crippen LogP contribution in [0.2, 0.25) is 0 Å². The van der Waals surface area contributed by atoms with Gasteiger partial charge in [0, 0.05) is 11.8 Å². The fourth-order valence-electron chi connectivity index (χ4n) is 2.95. The molecule has 1 aromatic carbocycles. The summed E-state index contributed by atoms with van der Waals surface area (Å²) in [6, 6.07) is 9.41. The van der Waals surface area contributed by atoms with E-state index in [9.17, 15) is 4.79 Å². The molecule has 3 rings (SSSR count). The molecular weight excluding hydrogens is 438 g/mol. The van der Waals surface area contributed by atoms with Gasteiger partial charge in [-0.05, 0) is 37.6 Å². The molecule has 0 aliphatic rings. The zero-order chi connectivity index (χ0) is 23.9. The number of benzene rings is 1. The van der Waals surface area contributed by atoms with E-state index in [-0.39, 0.29) is 6.61 Å². The number of hydrogen-bond donors (Lipinski definition) is 3. The van der Waals surface area contributed by atoms with Crippen LogP contribution in [0.25, 0.3) is 5.65 Å². The van der Waals surface area contributed by atoms with Crippen molar-refractivity contribution in [2.24, 2.45) is 0 Å². The highest BCUT2D eigenvalue weighted by Crippen LogP contribution is 2.26. The van der Waals surface area contributed by atoms with Crippen molar-refractivity contribution in [2.45, 2.75) is 26.9 Å². The average Bonchev–Trinajstić information content (AvgIpc) is 3.02. The van der Waals surface area contributed by atoms with Gasteiger partial charge in [0.15, 0.2) is 11.4 Å². The molecule has 3 aromatic rings. The number of pyridine rings is 1. The number of aromatic nitrogens is 2. The summed E-state index contributed by atoms with van der Waals surface area (Å²) < 4.78 is 44.3. The van der Waals surface area contributed by atoms with Crippen LogP contribution < -0.4 is 10.1 Å². The summed E-state index contributed by atoms with van der Waals surface area (Å²) in [5.74, 6) is 3.31. The summed E-state index contributed by atoms with van der Waals surface area (Å²) in [4.78, 5) is 16.2. The number of carbonyl (C=O) groups is 1. The van der Waals surface area contributed by atoms with Crippen LogP contribution in [0, 0.1) is 26.2 Å². The molecule has 2 aromatic heterocycles. The number of aryl methyl sites for hydroxylation is 2. The number of fused-ring (bicyclic) bond motifs is 1. The molecule has 3 N–H and O–H groups in total. The molecule has 0 saturated carbocycles. The van der Waals surface area contributed by atoms with Gasteiger partial charge in [-0.25, -0.2) is 9.78 Å². The van der Waals surface area contributed by atoms with Crippen LogP contribution in [0.5, 0.6) is 5.75 Å². The van der Waals surface area contributed by atoms with Gasteiger partial charge in [-0.1, -0.05) is 12.1 Å². The van der Waals surface area contributed by atoms with Gasteiger partial charge in [-0.15, -0.1) is 12.3 Å². The largest absolute Gasteiger partial charge is 0.485 e. The minimum absolute atomic E-state index is 0.280. The minimum atomic E-state index is -4.67. The van der Waals surface area contributed by atoms with Crippen LogP contribution in [0.1, 0.15) is 22.5 Å². The molecule has 1 amide bonds. The third kappa shape index (κ3) is 6.71. The number of ether oxygens (including phenoxy) is 2. The molecule has 11 heteroatoms. The number of hydrogen-bond acceptors (Lipinski definition) is 6. The fraction of sp³-hybridized carbons (Fsp3) is 0.238. The molecule has 0 fully saturated rings. The van der Waals surface area contributed by atoms with Gasteiger partial charge in [-0.3, -0.25) is 18.8 Å². The molecule has 0 aliphatic heterocycles. The van der Waals surface area contributed by atoms with E-state index in [2.05, 4.69) is 21.0 Å². The fourth-order valence-corrected chi connectivity index (χ4v) is 2.95. The van der Waals surface area contributed by atoms with Crippen molar-refractivity contribution in [3.63, 3.8) is 0 Å². The summed E-state index contributed by atoms with van der Waals surface area (Å²) in [5.41, 5.74) is 5.10. The van der Waals surface area contributed by atoms with E-state index < -0.39 is 16.5 Å². The first-order valence-electron chi connectivity index (χ1n) is 9.21. The smallest absolute Gasteiger partial charge is 0.411 e. The lowest BCUT2D eigenvalue weighted by Gasteiger charge is -2.14. The number of imidazole rings is 1. The summed E-state index contributed by atoms with van der Waals surface area (Å²) >= 11 is 0. The van der Waals surface area contributed by atoms with E-state index >= 15 is 0 Å². The maximum atomic E-state index is 11.6. The normalized spacial score (nSPS) is 10.6. The SMILES string of the molecule is C#CCc1c(C)nc2c(OCc3c(C)cccc3NC(=O)OC)cccn12.O=S(=O)(O)O. The van der Waals surface area contributed by atoms with E-state index in [4.69, 9.17) is 28.7 Å². The van der Waals surface area contributed by atoms with Crippen LogP contribution in [-0.4, -0.2) is 40.1 Å². The number of carbonyl (C=O) groups excluding carboxylic acids is 1. The van der Waals surface area contributed by atoms with E-state index in [1.165, 1.54) is 7.11 Å². The van der Waals surface area contributed by atoms with Crippen molar-refractivity contribution < 1.29 is 31.8 Å². The predicted molar refractivity (Wildman–Crippen MR) is 118 cm³/mol. The Morgan fingerprint density at radius 2 is 1.94 bits per heavy atom. The third-order valence-corrected chi connectivity index (χ3v) is 4.39. The molecule has 0 spiro atoms. The van der Waals surface area contributed by atoms with Crippen molar-refractivity contribution in [3.8, 4) is 18.1 Å². The number of rotatable bonds is 5. The summed E-state index contributed by atoms with van der Waals surface area (Å²) in [5, 5.41) is 2.72. The maximum Gasteiger partial charge on any atom is 0.411 e. The molecule has 0 saturated heterocycles. The second kappa shape index (κ2) is 10.6. The van der Waals surface area contributed by atoms with Gasteiger partial charge in [0.25, 0.3) is 0 Å². The zero-order valence-electron chi connectivity index (χ0n) is 17.7. The van der Waals surface area contributed by atoms with E-state index in [0.29, 0.717) is 17.9 Å². The Balaban J connectivity index is 0.000000654. The third-order valence-electron chi connectivity index (χ3n) is 4.39. The number of nitrogens with zero attached hydrogens (tertiary/aromatic N) is 2. The first-order chi connectivity index (χ1) is 15.0. The van der Waals surface area contributed by atoms with Crippen molar-refractivity contribution >= 4 is 27.8 Å². The van der Waals surface area contributed by atoms with Crippen LogP contribution in [-0.2, 0) is 28.2 Å². The Bertz CT molecular complexity index is 1250. The lowest BCUT2D eigenvalue weighted by Crippen LogP contribution is -2.14. The standard InChI is InChI=1S/C21H21N3O3.H2O4S/c1-5-8-18-15(3)22-20-19(11-7-12-24(18)20)27-13-16-14(2)9-6-10-17(16)23-21(25)26-4;1-5(2,3)4/h1,6-7,9-12H,8,13H2,2-4H3,(H,23,25);(H2,1,2,3,4). The Labute approximate surface area is 185 Å². The average molecular weight is 461 g/mol. The topological polar surface area (TPSA) is 139 Å². The summed E-state index contributed by atoms with van der Waals surface area (Å²) in [6.07, 6.45) is 7.37. The highest BCUT2D eigenvalue weighted by Gasteiger charge is 2.14. The first kappa shape index (κ1) is 24.7. The van der Waals surface area contributed by atoms with E-state index in [0.717, 1.165) is 28.2 Å². The molecule has 0 unspecified atom stereocenters. The number of terminal acetylenes is 1. The minimum Gasteiger partial charge on any atom is -0.485 e. The molecule has 0 atom stereocenters. The van der Waals surface area contributed by atoms with Crippen molar-refractivity contribution in [1.82, 2.24) is 9.38 Å². The molecular formula is C21H23N3O7S. The zero-order valence-corrected chi connectivity index (χ0v) is 18.5. The van der Waals surface area contributed by atoms with Gasteiger partial charge in [-0.2, -0.15) is 8.42 Å². The molecule has 32 heavy (non-hydrogen) atoms. The van der Waals surface area contributed by atoms with Gasteiger partial charge in [0.2, 0.25) is 0 Å². The van der Waals surface area contributed by atoms with Crippen LogP contribution in [0.4, 0.5) is 10.5 Å². The van der Waals surface area contributed by atoms with Crippen LogP contribution in [0.3, 0.4) is 0 Å². The van der Waals surface area contributed by atoms with Crippen LogP contribution >= 0.6 is 0 Å². The monoisotopic (exact) mass is 461 g/mol. The Morgan fingerprint density at radius 1 is 1.25 bits per heavy atom. The predicted octanol–water partition coefficient (Wildman–Crippen LogP) is 3.23. The Hall–Kier alpha value is -3.59. The van der Waals surface area contributed by atoms with Crippen molar-refractivity contribution in [3.05, 3.63) is 59.0 Å². The quantitative estimate of drug-likeness (QED) is 0.389. The second-order valence-electron chi connectivity index (χ2n) is 6.54. The van der Waals surface area contributed by atoms with E-state index in [1.807, 2.05) is 54.8 Å². The summed E-state index contributed by atoms with van der Waals surface area (Å²) in [7, 11) is -3.34. The highest BCUT2D eigenvalue weighted by atomic mass is 32.3. The number of methoxy groups -OCH3 is 1. The van der Waals surface area contributed by atoms with E-state index in [1.54, 1.807) is 0 Å². The second-order valence-corrected chi connectivity index (χ2v) is 7.44.